The van der Waals surface area contributed by atoms with E-state index >= 15 is 0 Å². The van der Waals surface area contributed by atoms with E-state index in [0.29, 0.717) is 5.56 Å². The lowest BCUT2D eigenvalue weighted by Gasteiger charge is -2.20. The monoisotopic (exact) mass is 447 g/mol. The number of anilines is 1. The molecule has 0 aliphatic rings. The summed E-state index contributed by atoms with van der Waals surface area (Å²) in [6, 6.07) is 27.6. The number of ketones is 1. The number of benzene rings is 4. The Morgan fingerprint density at radius 1 is 0.862 bits per heavy atom. The Labute approximate surface area is 177 Å². The fourth-order valence-corrected chi connectivity index (χ4v) is 3.62. The molecule has 1 atom stereocenters. The molecule has 4 heteroatoms. The first-order valence-electron chi connectivity index (χ1n) is 9.38. The molecule has 2 nitrogen and oxygen atoms in total. The smallest absolute Gasteiger partial charge is 0.165 e. The Kier molecular flexibility index (Phi) is 5.72. The van der Waals surface area contributed by atoms with Crippen LogP contribution in [0.25, 0.3) is 10.8 Å². The Balaban J connectivity index is 1.61. The lowest BCUT2D eigenvalue weighted by molar-refractivity contribution is 0.0976. The molecule has 144 valence electrons. The second kappa shape index (κ2) is 8.58. The van der Waals surface area contributed by atoms with Gasteiger partial charge in [0, 0.05) is 22.1 Å². The van der Waals surface area contributed by atoms with E-state index < -0.39 is 0 Å². The van der Waals surface area contributed by atoms with Gasteiger partial charge in [-0.15, -0.1) is 0 Å². The molecule has 0 heterocycles. The predicted molar refractivity (Wildman–Crippen MR) is 120 cm³/mol. The van der Waals surface area contributed by atoms with Crippen molar-refractivity contribution >= 4 is 38.2 Å². The molecule has 1 N–H and O–H groups in total. The number of Topliss-reactive ketones (excluding diaryl/α,β-unsaturated/α-hetero) is 1. The zero-order valence-electron chi connectivity index (χ0n) is 15.6. The summed E-state index contributed by atoms with van der Waals surface area (Å²) in [5.74, 6) is -0.235. The Morgan fingerprint density at radius 2 is 1.55 bits per heavy atom. The van der Waals surface area contributed by atoms with E-state index in [1.165, 1.54) is 12.1 Å². The van der Waals surface area contributed by atoms with Gasteiger partial charge in [-0.1, -0.05) is 64.5 Å². The zero-order valence-corrected chi connectivity index (χ0v) is 17.2. The van der Waals surface area contributed by atoms with Crippen LogP contribution in [0.15, 0.2) is 95.5 Å². The molecule has 4 rings (SSSR count). The maximum atomic E-state index is 13.3. The largest absolute Gasteiger partial charge is 0.378 e. The van der Waals surface area contributed by atoms with Crippen LogP contribution in [0.3, 0.4) is 0 Å². The van der Waals surface area contributed by atoms with Gasteiger partial charge in [0.1, 0.15) is 5.82 Å². The van der Waals surface area contributed by atoms with Crippen LogP contribution in [0, 0.1) is 5.82 Å². The second-order valence-corrected chi connectivity index (χ2v) is 7.86. The Hall–Kier alpha value is -2.98. The molecule has 4 aromatic rings. The topological polar surface area (TPSA) is 29.1 Å². The molecule has 4 aromatic carbocycles. The van der Waals surface area contributed by atoms with Crippen molar-refractivity contribution in [2.45, 2.75) is 12.5 Å². The molecule has 0 aromatic heterocycles. The Morgan fingerprint density at radius 3 is 2.28 bits per heavy atom. The summed E-state index contributed by atoms with van der Waals surface area (Å²) in [6.45, 7) is 0. The first-order chi connectivity index (χ1) is 14.1. The van der Waals surface area contributed by atoms with E-state index in [1.54, 1.807) is 12.1 Å². The van der Waals surface area contributed by atoms with Gasteiger partial charge in [0.25, 0.3) is 0 Å². The minimum absolute atomic E-state index is 0.0540. The summed E-state index contributed by atoms with van der Waals surface area (Å²) >= 11 is 3.45. The first-order valence-corrected chi connectivity index (χ1v) is 10.2. The molecule has 0 radical (unpaired) electrons. The molecule has 0 saturated heterocycles. The van der Waals surface area contributed by atoms with E-state index in [9.17, 15) is 9.18 Å². The summed E-state index contributed by atoms with van der Waals surface area (Å²) in [5, 5.41) is 5.53. The van der Waals surface area contributed by atoms with Crippen LogP contribution < -0.4 is 5.32 Å². The zero-order chi connectivity index (χ0) is 20.2. The van der Waals surface area contributed by atoms with Crippen LogP contribution in [-0.2, 0) is 0 Å². The SMILES string of the molecule is O=C(CC(Nc1ccc(F)cc1)c1ccc(Br)cc1)c1ccc2ccccc2c1. The summed E-state index contributed by atoms with van der Waals surface area (Å²) < 4.78 is 14.2. The minimum atomic E-state index is -0.289. The highest BCUT2D eigenvalue weighted by Gasteiger charge is 2.18. The van der Waals surface area contributed by atoms with Crippen molar-refractivity contribution in [1.82, 2.24) is 0 Å². The summed E-state index contributed by atoms with van der Waals surface area (Å²) in [4.78, 5) is 13.1. The van der Waals surface area contributed by atoms with Gasteiger partial charge in [-0.3, -0.25) is 4.79 Å². The van der Waals surface area contributed by atoms with Gasteiger partial charge in [0.05, 0.1) is 6.04 Å². The van der Waals surface area contributed by atoms with E-state index in [-0.39, 0.29) is 24.1 Å². The summed E-state index contributed by atoms with van der Waals surface area (Å²) in [5.41, 5.74) is 2.45. The number of hydrogen-bond acceptors (Lipinski definition) is 2. The van der Waals surface area contributed by atoms with E-state index in [1.807, 2.05) is 66.7 Å². The number of rotatable bonds is 6. The van der Waals surface area contributed by atoms with Gasteiger partial charge >= 0.3 is 0 Å². The first kappa shape index (κ1) is 19.3. The average molecular weight is 448 g/mol. The molecular formula is C25H19BrFNO. The highest BCUT2D eigenvalue weighted by Crippen LogP contribution is 2.27. The molecule has 0 aliphatic heterocycles. The fraction of sp³-hybridized carbons (Fsp3) is 0.0800. The number of carbonyl (C=O) groups excluding carboxylic acids is 1. The van der Waals surface area contributed by atoms with Crippen molar-refractivity contribution in [2.24, 2.45) is 0 Å². The standard InChI is InChI=1S/C25H19BrFNO/c26-21-9-7-18(8-10-21)24(28-23-13-11-22(27)12-14-23)16-25(29)20-6-5-17-3-1-2-4-19(17)15-20/h1-15,24,28H,16H2. The van der Waals surface area contributed by atoms with Crippen LogP contribution in [0.4, 0.5) is 10.1 Å². The van der Waals surface area contributed by atoms with Gasteiger partial charge in [-0.25, -0.2) is 4.39 Å². The molecule has 29 heavy (non-hydrogen) atoms. The van der Waals surface area contributed by atoms with Gasteiger partial charge in [-0.05, 0) is 58.8 Å². The van der Waals surface area contributed by atoms with Crippen molar-refractivity contribution < 1.29 is 9.18 Å². The third kappa shape index (κ3) is 4.72. The molecule has 0 fully saturated rings. The van der Waals surface area contributed by atoms with E-state index in [4.69, 9.17) is 0 Å². The fourth-order valence-electron chi connectivity index (χ4n) is 3.36. The van der Waals surface area contributed by atoms with Gasteiger partial charge in [0.2, 0.25) is 0 Å². The predicted octanol–water partition coefficient (Wildman–Crippen LogP) is 7.17. The van der Waals surface area contributed by atoms with Crippen LogP contribution in [0.1, 0.15) is 28.4 Å². The Bertz CT molecular complexity index is 1140. The third-order valence-electron chi connectivity index (χ3n) is 4.92. The number of fused-ring (bicyclic) bond motifs is 1. The quantitative estimate of drug-likeness (QED) is 0.317. The molecule has 0 bridgehead atoms. The molecule has 0 amide bonds. The minimum Gasteiger partial charge on any atom is -0.378 e. The summed E-state index contributed by atoms with van der Waals surface area (Å²) in [7, 11) is 0. The number of carbonyl (C=O) groups is 1. The van der Waals surface area contributed by atoms with Crippen LogP contribution in [0.2, 0.25) is 0 Å². The lowest BCUT2D eigenvalue weighted by Crippen LogP contribution is -2.16. The molecule has 0 spiro atoms. The summed E-state index contributed by atoms with van der Waals surface area (Å²) in [6.07, 6.45) is 0.289. The second-order valence-electron chi connectivity index (χ2n) is 6.94. The van der Waals surface area contributed by atoms with Crippen molar-refractivity contribution in [3.8, 4) is 0 Å². The molecular weight excluding hydrogens is 429 g/mol. The van der Waals surface area contributed by atoms with Gasteiger partial charge in [0.15, 0.2) is 5.78 Å². The average Bonchev–Trinajstić information content (AvgIpc) is 2.75. The third-order valence-corrected chi connectivity index (χ3v) is 5.45. The highest BCUT2D eigenvalue weighted by molar-refractivity contribution is 9.10. The number of halogens is 2. The van der Waals surface area contributed by atoms with Crippen molar-refractivity contribution in [1.29, 1.82) is 0 Å². The van der Waals surface area contributed by atoms with Gasteiger partial charge in [-0.2, -0.15) is 0 Å². The van der Waals surface area contributed by atoms with E-state index in [0.717, 1.165) is 26.5 Å². The maximum absolute atomic E-state index is 13.3. The van der Waals surface area contributed by atoms with Crippen LogP contribution in [0.5, 0.6) is 0 Å². The van der Waals surface area contributed by atoms with Crippen LogP contribution in [-0.4, -0.2) is 5.78 Å². The van der Waals surface area contributed by atoms with Gasteiger partial charge < -0.3 is 5.32 Å². The normalized spacial score (nSPS) is 11.9. The number of hydrogen-bond donors (Lipinski definition) is 1. The van der Waals surface area contributed by atoms with Crippen molar-refractivity contribution in [3.05, 3.63) is 112 Å². The molecule has 0 aliphatic carbocycles. The number of nitrogens with one attached hydrogen (secondary N) is 1. The molecule has 1 unspecified atom stereocenters. The van der Waals surface area contributed by atoms with Crippen molar-refractivity contribution in [3.63, 3.8) is 0 Å². The maximum Gasteiger partial charge on any atom is 0.165 e. The van der Waals surface area contributed by atoms with Crippen molar-refractivity contribution in [2.75, 3.05) is 5.32 Å². The van der Waals surface area contributed by atoms with Crippen LogP contribution >= 0.6 is 15.9 Å². The van der Waals surface area contributed by atoms with E-state index in [2.05, 4.69) is 21.2 Å². The highest BCUT2D eigenvalue weighted by atomic mass is 79.9. The lowest BCUT2D eigenvalue weighted by atomic mass is 9.96. The molecule has 0 saturated carbocycles.